The molecule has 0 aromatic carbocycles. The smallest absolute Gasteiger partial charge is 0.268 e. The lowest BCUT2D eigenvalue weighted by Gasteiger charge is -2.10. The second kappa shape index (κ2) is 4.16. The van der Waals surface area contributed by atoms with Crippen molar-refractivity contribution in [3.8, 4) is 5.75 Å². The molecule has 0 saturated heterocycles. The van der Waals surface area contributed by atoms with Crippen LogP contribution >= 0.6 is 0 Å². The highest BCUT2D eigenvalue weighted by atomic mass is 19.3. The number of carbonyl (C=O) groups is 1. The van der Waals surface area contributed by atoms with Crippen molar-refractivity contribution in [2.75, 3.05) is 7.11 Å². The Morgan fingerprint density at radius 2 is 2.20 bits per heavy atom. The summed E-state index contributed by atoms with van der Waals surface area (Å²) in [5.41, 5.74) is 3.41. The minimum absolute atomic E-state index is 0.553. The van der Waals surface area contributed by atoms with E-state index in [1.807, 2.05) is 0 Å². The van der Waals surface area contributed by atoms with Gasteiger partial charge >= 0.3 is 0 Å². The molecule has 82 valence electrons. The van der Waals surface area contributed by atoms with Gasteiger partial charge in [-0.2, -0.15) is 4.39 Å². The number of rotatable bonds is 3. The van der Waals surface area contributed by atoms with E-state index in [2.05, 4.69) is 9.72 Å². The third-order valence-electron chi connectivity index (χ3n) is 1.72. The van der Waals surface area contributed by atoms with Crippen molar-refractivity contribution in [2.24, 2.45) is 5.73 Å². The standard InChI is InChI=1S/C8H7F3N2O2/c1-15-5-4(6(9)10)3(8(12)14)2-13-7(5)11/h2,6H,1H3,(H2,12,14). The molecule has 0 radical (unpaired) electrons. The molecule has 2 N–H and O–H groups in total. The van der Waals surface area contributed by atoms with Gasteiger partial charge in [-0.25, -0.2) is 13.8 Å². The molecule has 1 aromatic rings. The number of primary amides is 1. The maximum atomic E-state index is 12.9. The molecule has 0 aliphatic rings. The Balaban J connectivity index is 3.49. The first kappa shape index (κ1) is 11.3. The quantitative estimate of drug-likeness (QED) is 0.780. The zero-order chi connectivity index (χ0) is 11.6. The van der Waals surface area contributed by atoms with Crippen LogP contribution in [0, 0.1) is 5.95 Å². The van der Waals surface area contributed by atoms with Gasteiger partial charge in [0.1, 0.15) is 0 Å². The van der Waals surface area contributed by atoms with Crippen molar-refractivity contribution >= 4 is 5.91 Å². The SMILES string of the molecule is COc1c(F)ncc(C(N)=O)c1C(F)F. The van der Waals surface area contributed by atoms with E-state index in [0.29, 0.717) is 6.20 Å². The minimum Gasteiger partial charge on any atom is -0.492 e. The molecule has 1 amide bonds. The lowest BCUT2D eigenvalue weighted by molar-refractivity contribution is 0.0982. The van der Waals surface area contributed by atoms with Gasteiger partial charge in [0.2, 0.25) is 0 Å². The summed E-state index contributed by atoms with van der Waals surface area (Å²) in [6, 6.07) is 0. The maximum absolute atomic E-state index is 12.9. The number of halogens is 3. The Morgan fingerprint density at radius 3 is 2.60 bits per heavy atom. The second-order valence-electron chi connectivity index (χ2n) is 2.57. The number of alkyl halides is 2. The maximum Gasteiger partial charge on any atom is 0.268 e. The summed E-state index contributed by atoms with van der Waals surface area (Å²) in [5, 5.41) is 0. The van der Waals surface area contributed by atoms with Crippen LogP contribution in [-0.2, 0) is 0 Å². The number of nitrogens with zero attached hydrogens (tertiary/aromatic N) is 1. The molecule has 4 nitrogen and oxygen atoms in total. The van der Waals surface area contributed by atoms with E-state index < -0.39 is 35.2 Å². The van der Waals surface area contributed by atoms with E-state index in [4.69, 9.17) is 5.73 Å². The molecule has 0 unspecified atom stereocenters. The molecule has 1 heterocycles. The number of nitrogens with two attached hydrogens (primary N) is 1. The van der Waals surface area contributed by atoms with Crippen LogP contribution in [-0.4, -0.2) is 18.0 Å². The van der Waals surface area contributed by atoms with Crippen molar-refractivity contribution in [1.82, 2.24) is 4.98 Å². The number of hydrogen-bond donors (Lipinski definition) is 1. The summed E-state index contributed by atoms with van der Waals surface area (Å²) in [6.45, 7) is 0. The van der Waals surface area contributed by atoms with Crippen molar-refractivity contribution in [3.05, 3.63) is 23.3 Å². The molecular formula is C8H7F3N2O2. The normalized spacial score (nSPS) is 10.5. The van der Waals surface area contributed by atoms with Crippen molar-refractivity contribution in [2.45, 2.75) is 6.43 Å². The van der Waals surface area contributed by atoms with Crippen LogP contribution in [0.2, 0.25) is 0 Å². The Morgan fingerprint density at radius 1 is 1.60 bits per heavy atom. The fourth-order valence-corrected chi connectivity index (χ4v) is 1.09. The van der Waals surface area contributed by atoms with Crippen LogP contribution in [0.3, 0.4) is 0 Å². The van der Waals surface area contributed by atoms with Gasteiger partial charge in [-0.3, -0.25) is 4.79 Å². The van der Waals surface area contributed by atoms with E-state index in [1.54, 1.807) is 0 Å². The molecule has 7 heteroatoms. The average Bonchev–Trinajstić information content (AvgIpc) is 2.16. The molecule has 0 spiro atoms. The molecule has 0 aliphatic carbocycles. The number of hydrogen-bond acceptors (Lipinski definition) is 3. The van der Waals surface area contributed by atoms with Crippen LogP contribution in [0.25, 0.3) is 0 Å². The second-order valence-corrected chi connectivity index (χ2v) is 2.57. The van der Waals surface area contributed by atoms with Crippen LogP contribution in [0.5, 0.6) is 5.75 Å². The Bertz CT molecular complexity index is 396. The largest absolute Gasteiger partial charge is 0.492 e. The monoisotopic (exact) mass is 220 g/mol. The lowest BCUT2D eigenvalue weighted by atomic mass is 10.1. The van der Waals surface area contributed by atoms with Crippen LogP contribution in [0.15, 0.2) is 6.20 Å². The summed E-state index contributed by atoms with van der Waals surface area (Å²) in [7, 11) is 0.997. The van der Waals surface area contributed by atoms with Crippen LogP contribution < -0.4 is 10.5 Å². The summed E-state index contributed by atoms with van der Waals surface area (Å²) in [6.07, 6.45) is -2.42. The predicted molar refractivity (Wildman–Crippen MR) is 44.2 cm³/mol. The predicted octanol–water partition coefficient (Wildman–Crippen LogP) is 1.27. The van der Waals surface area contributed by atoms with Crippen molar-refractivity contribution in [1.29, 1.82) is 0 Å². The fourth-order valence-electron chi connectivity index (χ4n) is 1.09. The van der Waals surface area contributed by atoms with E-state index in [0.717, 1.165) is 7.11 Å². The highest BCUT2D eigenvalue weighted by molar-refractivity contribution is 5.94. The van der Waals surface area contributed by atoms with E-state index in [9.17, 15) is 18.0 Å². The first-order chi connectivity index (χ1) is 6.99. The number of amides is 1. The van der Waals surface area contributed by atoms with E-state index >= 15 is 0 Å². The Labute approximate surface area is 82.9 Å². The highest BCUT2D eigenvalue weighted by Gasteiger charge is 2.25. The fraction of sp³-hybridized carbons (Fsp3) is 0.250. The molecule has 0 atom stereocenters. The first-order valence-corrected chi connectivity index (χ1v) is 3.79. The molecule has 15 heavy (non-hydrogen) atoms. The molecule has 0 fully saturated rings. The van der Waals surface area contributed by atoms with Gasteiger partial charge in [-0.05, 0) is 0 Å². The molecule has 0 aliphatic heterocycles. The van der Waals surface area contributed by atoms with Crippen LogP contribution in [0.4, 0.5) is 13.2 Å². The highest BCUT2D eigenvalue weighted by Crippen LogP contribution is 2.32. The molecule has 0 bridgehead atoms. The molecule has 1 rings (SSSR count). The van der Waals surface area contributed by atoms with Gasteiger partial charge in [0.05, 0.1) is 18.2 Å². The van der Waals surface area contributed by atoms with Crippen molar-refractivity contribution < 1.29 is 22.7 Å². The number of ether oxygens (including phenoxy) is 1. The number of pyridine rings is 1. The summed E-state index contributed by atoms with van der Waals surface area (Å²) in [4.78, 5) is 13.9. The summed E-state index contributed by atoms with van der Waals surface area (Å²) >= 11 is 0. The van der Waals surface area contributed by atoms with E-state index in [-0.39, 0.29) is 0 Å². The topological polar surface area (TPSA) is 65.2 Å². The Kier molecular flexibility index (Phi) is 3.13. The van der Waals surface area contributed by atoms with Gasteiger partial charge in [0.15, 0.2) is 5.75 Å². The molecule has 1 aromatic heterocycles. The summed E-state index contributed by atoms with van der Waals surface area (Å²) < 4.78 is 42.4. The zero-order valence-corrected chi connectivity index (χ0v) is 7.63. The van der Waals surface area contributed by atoms with Crippen molar-refractivity contribution in [3.63, 3.8) is 0 Å². The molecular weight excluding hydrogens is 213 g/mol. The average molecular weight is 220 g/mol. The van der Waals surface area contributed by atoms with Gasteiger partial charge in [0.25, 0.3) is 18.3 Å². The third-order valence-corrected chi connectivity index (χ3v) is 1.72. The number of carbonyl (C=O) groups excluding carboxylic acids is 1. The van der Waals surface area contributed by atoms with Gasteiger partial charge < -0.3 is 10.5 Å². The Hall–Kier alpha value is -1.79. The lowest BCUT2D eigenvalue weighted by Crippen LogP contribution is -2.16. The number of methoxy groups -OCH3 is 1. The van der Waals surface area contributed by atoms with E-state index in [1.165, 1.54) is 0 Å². The van der Waals surface area contributed by atoms with Gasteiger partial charge in [-0.15, -0.1) is 0 Å². The number of aromatic nitrogens is 1. The van der Waals surface area contributed by atoms with Crippen LogP contribution in [0.1, 0.15) is 22.3 Å². The van der Waals surface area contributed by atoms with Gasteiger partial charge in [0, 0.05) is 6.20 Å². The van der Waals surface area contributed by atoms with Gasteiger partial charge in [-0.1, -0.05) is 0 Å². The zero-order valence-electron chi connectivity index (χ0n) is 7.63. The molecule has 0 saturated carbocycles. The first-order valence-electron chi connectivity index (χ1n) is 3.79. The minimum atomic E-state index is -3.07. The summed E-state index contributed by atoms with van der Waals surface area (Å²) in [5.74, 6) is -3.09. The third kappa shape index (κ3) is 2.00.